The van der Waals surface area contributed by atoms with E-state index in [1.54, 1.807) is 0 Å². The van der Waals surface area contributed by atoms with E-state index < -0.39 is 0 Å². The zero-order valence-electron chi connectivity index (χ0n) is 10.5. The van der Waals surface area contributed by atoms with E-state index in [1.165, 1.54) is 51.5 Å². The standard InChI is InChI=1S/C14H27N/c1-11-6-7-14(12(2)10-11)15-9-8-13-4-3-5-13/h11-15H,3-10H2,1-2H3. The van der Waals surface area contributed by atoms with Crippen LogP contribution in [0, 0.1) is 17.8 Å². The normalized spacial score (nSPS) is 37.6. The van der Waals surface area contributed by atoms with E-state index in [1.807, 2.05) is 0 Å². The minimum Gasteiger partial charge on any atom is -0.314 e. The number of hydrogen-bond acceptors (Lipinski definition) is 1. The van der Waals surface area contributed by atoms with Gasteiger partial charge in [-0.15, -0.1) is 0 Å². The molecule has 2 saturated carbocycles. The van der Waals surface area contributed by atoms with Crippen molar-refractivity contribution in [3.63, 3.8) is 0 Å². The van der Waals surface area contributed by atoms with Crippen LogP contribution in [-0.2, 0) is 0 Å². The minimum atomic E-state index is 0.821. The molecule has 0 spiro atoms. The van der Waals surface area contributed by atoms with Crippen LogP contribution in [0.5, 0.6) is 0 Å². The lowest BCUT2D eigenvalue weighted by atomic mass is 9.79. The summed E-state index contributed by atoms with van der Waals surface area (Å²) in [6.07, 6.45) is 10.2. The molecule has 3 atom stereocenters. The molecule has 3 unspecified atom stereocenters. The summed E-state index contributed by atoms with van der Waals surface area (Å²) < 4.78 is 0. The molecule has 0 aliphatic heterocycles. The molecule has 0 bridgehead atoms. The van der Waals surface area contributed by atoms with E-state index in [-0.39, 0.29) is 0 Å². The summed E-state index contributed by atoms with van der Waals surface area (Å²) in [5, 5.41) is 3.79. The molecule has 2 rings (SSSR count). The van der Waals surface area contributed by atoms with E-state index in [0.29, 0.717) is 0 Å². The van der Waals surface area contributed by atoms with Gasteiger partial charge in [-0.2, -0.15) is 0 Å². The molecule has 0 aromatic rings. The Morgan fingerprint density at radius 1 is 1.07 bits per heavy atom. The lowest BCUT2D eigenvalue weighted by Gasteiger charge is -2.34. The fourth-order valence-corrected chi connectivity index (χ4v) is 3.22. The summed E-state index contributed by atoms with van der Waals surface area (Å²) in [5.74, 6) is 2.93. The quantitative estimate of drug-likeness (QED) is 0.746. The van der Waals surface area contributed by atoms with Gasteiger partial charge in [-0.05, 0) is 50.0 Å². The highest BCUT2D eigenvalue weighted by molar-refractivity contribution is 4.81. The Labute approximate surface area is 95.0 Å². The molecule has 0 aromatic carbocycles. The summed E-state index contributed by atoms with van der Waals surface area (Å²) in [7, 11) is 0. The van der Waals surface area contributed by atoms with Crippen molar-refractivity contribution in [2.45, 2.75) is 64.8 Å². The molecular formula is C14H27N. The van der Waals surface area contributed by atoms with Crippen LogP contribution < -0.4 is 5.32 Å². The molecule has 2 fully saturated rings. The van der Waals surface area contributed by atoms with Crippen molar-refractivity contribution in [1.82, 2.24) is 5.32 Å². The lowest BCUT2D eigenvalue weighted by molar-refractivity contribution is 0.216. The molecule has 88 valence electrons. The van der Waals surface area contributed by atoms with E-state index in [9.17, 15) is 0 Å². The maximum atomic E-state index is 3.79. The van der Waals surface area contributed by atoms with Gasteiger partial charge >= 0.3 is 0 Å². The molecule has 0 aromatic heterocycles. The number of nitrogens with one attached hydrogen (secondary N) is 1. The molecule has 1 heteroatoms. The van der Waals surface area contributed by atoms with Gasteiger partial charge in [0.15, 0.2) is 0 Å². The van der Waals surface area contributed by atoms with Crippen LogP contribution in [0.4, 0.5) is 0 Å². The number of hydrogen-bond donors (Lipinski definition) is 1. The summed E-state index contributed by atoms with van der Waals surface area (Å²) in [5.41, 5.74) is 0. The maximum absolute atomic E-state index is 3.79. The molecule has 0 heterocycles. The van der Waals surface area contributed by atoms with Crippen molar-refractivity contribution in [2.75, 3.05) is 6.54 Å². The topological polar surface area (TPSA) is 12.0 Å². The Kier molecular flexibility index (Phi) is 4.07. The minimum absolute atomic E-state index is 0.821. The van der Waals surface area contributed by atoms with Gasteiger partial charge in [-0.1, -0.05) is 33.1 Å². The molecular weight excluding hydrogens is 182 g/mol. The first-order valence-electron chi connectivity index (χ1n) is 6.99. The Morgan fingerprint density at radius 3 is 2.47 bits per heavy atom. The van der Waals surface area contributed by atoms with Crippen LogP contribution in [0.25, 0.3) is 0 Å². The van der Waals surface area contributed by atoms with Crippen molar-refractivity contribution in [3.8, 4) is 0 Å². The van der Waals surface area contributed by atoms with Gasteiger partial charge < -0.3 is 5.32 Å². The molecule has 0 amide bonds. The third kappa shape index (κ3) is 3.21. The SMILES string of the molecule is CC1CCC(NCCC2CCC2)C(C)C1. The van der Waals surface area contributed by atoms with E-state index in [4.69, 9.17) is 0 Å². The molecule has 1 N–H and O–H groups in total. The van der Waals surface area contributed by atoms with Crippen LogP contribution in [-0.4, -0.2) is 12.6 Å². The fourth-order valence-electron chi connectivity index (χ4n) is 3.22. The second-order valence-electron chi connectivity index (χ2n) is 6.04. The molecule has 1 nitrogen and oxygen atoms in total. The lowest BCUT2D eigenvalue weighted by Crippen LogP contribution is -2.40. The first-order valence-corrected chi connectivity index (χ1v) is 6.99. The van der Waals surface area contributed by atoms with Crippen molar-refractivity contribution < 1.29 is 0 Å². The summed E-state index contributed by atoms with van der Waals surface area (Å²) in [4.78, 5) is 0. The van der Waals surface area contributed by atoms with Gasteiger partial charge in [0.05, 0.1) is 0 Å². The molecule has 2 aliphatic carbocycles. The van der Waals surface area contributed by atoms with Crippen LogP contribution in [0.1, 0.15) is 58.8 Å². The smallest absolute Gasteiger partial charge is 0.00928 e. The van der Waals surface area contributed by atoms with E-state index in [0.717, 1.165) is 23.8 Å². The van der Waals surface area contributed by atoms with Crippen molar-refractivity contribution in [1.29, 1.82) is 0 Å². The number of rotatable bonds is 4. The van der Waals surface area contributed by atoms with Gasteiger partial charge in [0.1, 0.15) is 0 Å². The molecule has 0 radical (unpaired) electrons. The van der Waals surface area contributed by atoms with Crippen molar-refractivity contribution >= 4 is 0 Å². The van der Waals surface area contributed by atoms with Gasteiger partial charge in [0, 0.05) is 6.04 Å². The van der Waals surface area contributed by atoms with Crippen molar-refractivity contribution in [3.05, 3.63) is 0 Å². The summed E-state index contributed by atoms with van der Waals surface area (Å²) in [6.45, 7) is 6.10. The average Bonchev–Trinajstić information content (AvgIpc) is 2.12. The Bertz CT molecular complexity index is 186. The largest absolute Gasteiger partial charge is 0.314 e. The van der Waals surface area contributed by atoms with Gasteiger partial charge in [-0.3, -0.25) is 0 Å². The second kappa shape index (κ2) is 5.34. The predicted octanol–water partition coefficient (Wildman–Crippen LogP) is 3.59. The monoisotopic (exact) mass is 209 g/mol. The van der Waals surface area contributed by atoms with Crippen LogP contribution >= 0.6 is 0 Å². The second-order valence-corrected chi connectivity index (χ2v) is 6.04. The highest BCUT2D eigenvalue weighted by atomic mass is 14.9. The van der Waals surface area contributed by atoms with Gasteiger partial charge in [-0.25, -0.2) is 0 Å². The first kappa shape index (κ1) is 11.4. The maximum Gasteiger partial charge on any atom is 0.00928 e. The highest BCUT2D eigenvalue weighted by Gasteiger charge is 2.25. The Morgan fingerprint density at radius 2 is 1.87 bits per heavy atom. The first-order chi connectivity index (χ1) is 7.25. The third-order valence-corrected chi connectivity index (χ3v) is 4.62. The third-order valence-electron chi connectivity index (χ3n) is 4.62. The van der Waals surface area contributed by atoms with Crippen molar-refractivity contribution in [2.24, 2.45) is 17.8 Å². The van der Waals surface area contributed by atoms with Crippen LogP contribution in [0.2, 0.25) is 0 Å². The molecule has 0 saturated heterocycles. The molecule has 15 heavy (non-hydrogen) atoms. The van der Waals surface area contributed by atoms with Gasteiger partial charge in [0.25, 0.3) is 0 Å². The van der Waals surface area contributed by atoms with E-state index in [2.05, 4.69) is 19.2 Å². The Hall–Kier alpha value is -0.0400. The molecule has 2 aliphatic rings. The van der Waals surface area contributed by atoms with Crippen LogP contribution in [0.3, 0.4) is 0 Å². The average molecular weight is 209 g/mol. The Balaban J connectivity index is 1.61. The zero-order chi connectivity index (χ0) is 10.7. The summed E-state index contributed by atoms with van der Waals surface area (Å²) >= 11 is 0. The van der Waals surface area contributed by atoms with Crippen LogP contribution in [0.15, 0.2) is 0 Å². The fraction of sp³-hybridized carbons (Fsp3) is 1.00. The zero-order valence-corrected chi connectivity index (χ0v) is 10.5. The van der Waals surface area contributed by atoms with E-state index >= 15 is 0 Å². The highest BCUT2D eigenvalue weighted by Crippen LogP contribution is 2.30. The van der Waals surface area contributed by atoms with Gasteiger partial charge in [0.2, 0.25) is 0 Å². The predicted molar refractivity (Wildman–Crippen MR) is 65.9 cm³/mol. The summed E-state index contributed by atoms with van der Waals surface area (Å²) in [6, 6.07) is 0.821.